The highest BCUT2D eigenvalue weighted by atomic mass is 16.5. The molecule has 4 nitrogen and oxygen atoms in total. The molecule has 2 aromatic rings. The Balaban J connectivity index is 2.30. The number of hydrogen-bond donors (Lipinski definition) is 0. The van der Waals surface area contributed by atoms with E-state index in [4.69, 9.17) is 4.74 Å². The Labute approximate surface area is 124 Å². The number of esters is 1. The molecule has 0 spiro atoms. The standard InChI is InChI=1S/C17H18N2O2/c1-3-5-13-10-16(11-18)19(12-13)15-8-6-14(7-9-15)17(20)21-4-2/h6-10,12H,3-5H2,1-2H3. The maximum Gasteiger partial charge on any atom is 0.338 e. The van der Waals surface area contributed by atoms with Crippen molar-refractivity contribution < 1.29 is 9.53 Å². The van der Waals surface area contributed by atoms with Crippen molar-refractivity contribution in [3.8, 4) is 11.8 Å². The molecule has 0 bridgehead atoms. The van der Waals surface area contributed by atoms with Gasteiger partial charge < -0.3 is 9.30 Å². The SMILES string of the molecule is CCCc1cc(C#N)n(-c2ccc(C(=O)OCC)cc2)c1. The predicted octanol–water partition coefficient (Wildman–Crippen LogP) is 3.48. The van der Waals surface area contributed by atoms with Crippen LogP contribution in [-0.2, 0) is 11.2 Å². The van der Waals surface area contributed by atoms with Gasteiger partial charge >= 0.3 is 5.97 Å². The van der Waals surface area contributed by atoms with Crippen LogP contribution in [-0.4, -0.2) is 17.1 Å². The minimum atomic E-state index is -0.330. The fraction of sp³-hybridized carbons (Fsp3) is 0.294. The van der Waals surface area contributed by atoms with Crippen LogP contribution in [0.4, 0.5) is 0 Å². The number of ether oxygens (including phenoxy) is 1. The van der Waals surface area contributed by atoms with E-state index in [9.17, 15) is 10.1 Å². The summed E-state index contributed by atoms with van der Waals surface area (Å²) in [5.74, 6) is -0.330. The molecule has 0 saturated heterocycles. The monoisotopic (exact) mass is 282 g/mol. The lowest BCUT2D eigenvalue weighted by molar-refractivity contribution is 0.0526. The van der Waals surface area contributed by atoms with E-state index in [0.717, 1.165) is 24.1 Å². The summed E-state index contributed by atoms with van der Waals surface area (Å²) in [5, 5.41) is 9.23. The van der Waals surface area contributed by atoms with Gasteiger partial charge in [0.2, 0.25) is 0 Å². The number of aryl methyl sites for hydroxylation is 1. The molecule has 2 rings (SSSR count). The molecule has 1 heterocycles. The van der Waals surface area contributed by atoms with E-state index in [1.54, 1.807) is 19.1 Å². The van der Waals surface area contributed by atoms with Crippen LogP contribution >= 0.6 is 0 Å². The summed E-state index contributed by atoms with van der Waals surface area (Å²) >= 11 is 0. The molecule has 21 heavy (non-hydrogen) atoms. The fourth-order valence-electron chi connectivity index (χ4n) is 2.22. The minimum absolute atomic E-state index is 0.330. The molecular weight excluding hydrogens is 264 g/mol. The molecular formula is C17H18N2O2. The molecule has 0 radical (unpaired) electrons. The molecule has 108 valence electrons. The van der Waals surface area contributed by atoms with Crippen LogP contribution in [0.1, 0.15) is 41.9 Å². The number of nitrogens with zero attached hydrogens (tertiary/aromatic N) is 2. The average Bonchev–Trinajstić information content (AvgIpc) is 2.91. The third kappa shape index (κ3) is 3.32. The third-order valence-corrected chi connectivity index (χ3v) is 3.19. The maximum atomic E-state index is 11.6. The van der Waals surface area contributed by atoms with Gasteiger partial charge in [-0.3, -0.25) is 0 Å². The van der Waals surface area contributed by atoms with Crippen molar-refractivity contribution in [1.29, 1.82) is 5.26 Å². The number of benzene rings is 1. The van der Waals surface area contributed by atoms with Gasteiger partial charge in [-0.05, 0) is 49.2 Å². The first-order chi connectivity index (χ1) is 10.2. The molecule has 0 amide bonds. The number of carbonyl (C=O) groups is 1. The highest BCUT2D eigenvalue weighted by Crippen LogP contribution is 2.17. The van der Waals surface area contributed by atoms with Crippen molar-refractivity contribution >= 4 is 5.97 Å². The molecule has 0 fully saturated rings. The molecule has 1 aromatic heterocycles. The molecule has 1 aromatic carbocycles. The van der Waals surface area contributed by atoms with Gasteiger partial charge in [0.05, 0.1) is 12.2 Å². The van der Waals surface area contributed by atoms with Gasteiger partial charge in [-0.1, -0.05) is 13.3 Å². The lowest BCUT2D eigenvalue weighted by Crippen LogP contribution is -2.05. The van der Waals surface area contributed by atoms with E-state index in [1.807, 2.05) is 29.0 Å². The second kappa shape index (κ2) is 6.76. The molecule has 0 N–H and O–H groups in total. The van der Waals surface area contributed by atoms with Crippen molar-refractivity contribution in [3.63, 3.8) is 0 Å². The number of aromatic nitrogens is 1. The van der Waals surface area contributed by atoms with Crippen molar-refractivity contribution in [3.05, 3.63) is 53.3 Å². The van der Waals surface area contributed by atoms with Crippen LogP contribution in [0.2, 0.25) is 0 Å². The van der Waals surface area contributed by atoms with E-state index in [1.165, 1.54) is 0 Å². The highest BCUT2D eigenvalue weighted by Gasteiger charge is 2.09. The normalized spacial score (nSPS) is 10.1. The van der Waals surface area contributed by atoms with Crippen LogP contribution in [0.5, 0.6) is 0 Å². The summed E-state index contributed by atoms with van der Waals surface area (Å²) in [6.45, 7) is 4.25. The molecule has 0 saturated carbocycles. The van der Waals surface area contributed by atoms with E-state index in [0.29, 0.717) is 17.9 Å². The number of rotatable bonds is 5. The van der Waals surface area contributed by atoms with E-state index >= 15 is 0 Å². The molecule has 0 aliphatic rings. The van der Waals surface area contributed by atoms with Crippen molar-refractivity contribution in [2.24, 2.45) is 0 Å². The second-order valence-electron chi connectivity index (χ2n) is 4.73. The topological polar surface area (TPSA) is 55.0 Å². The predicted molar refractivity (Wildman–Crippen MR) is 80.4 cm³/mol. The van der Waals surface area contributed by atoms with E-state index < -0.39 is 0 Å². The number of carbonyl (C=O) groups excluding carboxylic acids is 1. The number of nitriles is 1. The molecule has 0 aliphatic heterocycles. The summed E-state index contributed by atoms with van der Waals surface area (Å²) in [5.41, 5.74) is 3.12. The van der Waals surface area contributed by atoms with Crippen LogP contribution in [0.3, 0.4) is 0 Å². The second-order valence-corrected chi connectivity index (χ2v) is 4.73. The summed E-state index contributed by atoms with van der Waals surface area (Å²) in [6.07, 6.45) is 3.96. The van der Waals surface area contributed by atoms with Crippen molar-refractivity contribution in [2.45, 2.75) is 26.7 Å². The van der Waals surface area contributed by atoms with Gasteiger partial charge in [0.1, 0.15) is 11.8 Å². The zero-order valence-corrected chi connectivity index (χ0v) is 12.3. The Hall–Kier alpha value is -2.54. The first-order valence-corrected chi connectivity index (χ1v) is 7.08. The van der Waals surface area contributed by atoms with Gasteiger partial charge in [-0.2, -0.15) is 5.26 Å². The Morgan fingerprint density at radius 3 is 2.57 bits per heavy atom. The minimum Gasteiger partial charge on any atom is -0.462 e. The largest absolute Gasteiger partial charge is 0.462 e. The number of hydrogen-bond acceptors (Lipinski definition) is 3. The molecule has 4 heteroatoms. The summed E-state index contributed by atoms with van der Waals surface area (Å²) in [6, 6.07) is 11.2. The third-order valence-electron chi connectivity index (χ3n) is 3.19. The van der Waals surface area contributed by atoms with Crippen LogP contribution in [0.25, 0.3) is 5.69 Å². The summed E-state index contributed by atoms with van der Waals surface area (Å²) in [4.78, 5) is 11.6. The van der Waals surface area contributed by atoms with Crippen molar-refractivity contribution in [2.75, 3.05) is 6.61 Å². The van der Waals surface area contributed by atoms with Gasteiger partial charge in [0, 0.05) is 11.9 Å². The smallest absolute Gasteiger partial charge is 0.338 e. The zero-order valence-electron chi connectivity index (χ0n) is 12.3. The molecule has 0 aliphatic carbocycles. The Kier molecular flexibility index (Phi) is 4.78. The van der Waals surface area contributed by atoms with E-state index in [-0.39, 0.29) is 5.97 Å². The van der Waals surface area contributed by atoms with Gasteiger partial charge in [-0.25, -0.2) is 4.79 Å². The van der Waals surface area contributed by atoms with Crippen molar-refractivity contribution in [1.82, 2.24) is 4.57 Å². The van der Waals surface area contributed by atoms with Crippen LogP contribution < -0.4 is 0 Å². The maximum absolute atomic E-state index is 11.6. The first kappa shape index (κ1) is 14.9. The van der Waals surface area contributed by atoms with Crippen LogP contribution in [0, 0.1) is 11.3 Å². The quantitative estimate of drug-likeness (QED) is 0.789. The summed E-state index contributed by atoms with van der Waals surface area (Å²) < 4.78 is 6.80. The Morgan fingerprint density at radius 2 is 2.00 bits per heavy atom. The lowest BCUT2D eigenvalue weighted by Gasteiger charge is -2.06. The highest BCUT2D eigenvalue weighted by molar-refractivity contribution is 5.89. The first-order valence-electron chi connectivity index (χ1n) is 7.08. The van der Waals surface area contributed by atoms with E-state index in [2.05, 4.69) is 13.0 Å². The van der Waals surface area contributed by atoms with Gasteiger partial charge in [0.15, 0.2) is 0 Å². The zero-order chi connectivity index (χ0) is 15.2. The Bertz CT molecular complexity index is 663. The average molecular weight is 282 g/mol. The lowest BCUT2D eigenvalue weighted by atomic mass is 10.2. The van der Waals surface area contributed by atoms with Gasteiger partial charge in [-0.15, -0.1) is 0 Å². The van der Waals surface area contributed by atoms with Gasteiger partial charge in [0.25, 0.3) is 0 Å². The molecule has 0 unspecified atom stereocenters. The Morgan fingerprint density at radius 1 is 1.29 bits per heavy atom. The fourth-order valence-corrected chi connectivity index (χ4v) is 2.22. The molecule has 0 atom stereocenters. The summed E-state index contributed by atoms with van der Waals surface area (Å²) in [7, 11) is 0. The van der Waals surface area contributed by atoms with Crippen LogP contribution in [0.15, 0.2) is 36.5 Å².